The Labute approximate surface area is 130 Å². The van der Waals surface area contributed by atoms with E-state index in [-0.39, 0.29) is 17.9 Å². The minimum Gasteiger partial charge on any atom is -0.343 e. The van der Waals surface area contributed by atoms with E-state index in [1.165, 1.54) is 0 Å². The van der Waals surface area contributed by atoms with Gasteiger partial charge >= 0.3 is 0 Å². The van der Waals surface area contributed by atoms with Crippen molar-refractivity contribution in [3.05, 3.63) is 30.3 Å². The Morgan fingerprint density at radius 1 is 1.24 bits per heavy atom. The highest BCUT2D eigenvalue weighted by atomic mass is 35.5. The Balaban J connectivity index is 2.18. The van der Waals surface area contributed by atoms with E-state index in [2.05, 4.69) is 0 Å². The number of rotatable bonds is 3. The molecule has 114 valence electrons. The number of carbonyl (C=O) groups is 2. The molecule has 1 aromatic rings. The Bertz CT molecular complexity index is 496. The summed E-state index contributed by atoms with van der Waals surface area (Å²) in [6.07, 6.45) is 1.56. The molecule has 1 unspecified atom stereocenters. The molecule has 1 saturated heterocycles. The van der Waals surface area contributed by atoms with E-state index < -0.39 is 5.38 Å². The van der Waals surface area contributed by atoms with Crippen LogP contribution in [0, 0.1) is 0 Å². The summed E-state index contributed by atoms with van der Waals surface area (Å²) < 4.78 is 0. The molecule has 1 aliphatic rings. The second-order valence-electron chi connectivity index (χ2n) is 5.40. The summed E-state index contributed by atoms with van der Waals surface area (Å²) >= 11 is 6.02. The van der Waals surface area contributed by atoms with Crippen molar-refractivity contribution in [3.63, 3.8) is 0 Å². The summed E-state index contributed by atoms with van der Waals surface area (Å²) in [6, 6.07) is 9.70. The molecule has 2 rings (SSSR count). The van der Waals surface area contributed by atoms with Gasteiger partial charge in [-0.1, -0.05) is 18.2 Å². The van der Waals surface area contributed by atoms with Crippen LogP contribution in [0.3, 0.4) is 0 Å². The fourth-order valence-corrected chi connectivity index (χ4v) is 2.84. The molecule has 21 heavy (non-hydrogen) atoms. The van der Waals surface area contributed by atoms with E-state index in [9.17, 15) is 9.59 Å². The summed E-state index contributed by atoms with van der Waals surface area (Å²) in [5.41, 5.74) is 0.872. The molecule has 2 amide bonds. The van der Waals surface area contributed by atoms with Crippen molar-refractivity contribution >= 4 is 29.1 Å². The summed E-state index contributed by atoms with van der Waals surface area (Å²) in [6.45, 7) is 4.66. The van der Waals surface area contributed by atoms with Gasteiger partial charge < -0.3 is 9.80 Å². The van der Waals surface area contributed by atoms with Crippen LogP contribution in [0.25, 0.3) is 0 Å². The maximum atomic E-state index is 12.5. The van der Waals surface area contributed by atoms with Crippen LogP contribution in [-0.2, 0) is 9.59 Å². The quantitative estimate of drug-likeness (QED) is 0.806. The van der Waals surface area contributed by atoms with Crippen LogP contribution in [0.15, 0.2) is 30.3 Å². The molecular formula is C16H21ClN2O2. The second-order valence-corrected chi connectivity index (χ2v) is 6.05. The second kappa shape index (κ2) is 6.94. The summed E-state index contributed by atoms with van der Waals surface area (Å²) in [7, 11) is 0. The monoisotopic (exact) mass is 308 g/mol. The maximum Gasteiger partial charge on any atom is 0.245 e. The number of hydrogen-bond acceptors (Lipinski definition) is 2. The normalized spacial score (nSPS) is 17.4. The van der Waals surface area contributed by atoms with E-state index >= 15 is 0 Å². The minimum absolute atomic E-state index is 0.0795. The molecular weight excluding hydrogens is 288 g/mol. The summed E-state index contributed by atoms with van der Waals surface area (Å²) in [5.74, 6) is 0.0147. The first kappa shape index (κ1) is 15.8. The molecule has 4 nitrogen and oxygen atoms in total. The Morgan fingerprint density at radius 2 is 1.81 bits per heavy atom. The topological polar surface area (TPSA) is 40.6 Å². The summed E-state index contributed by atoms with van der Waals surface area (Å²) in [5, 5.41) is -0.559. The van der Waals surface area contributed by atoms with E-state index in [0.717, 1.165) is 18.5 Å². The lowest BCUT2D eigenvalue weighted by molar-refractivity contribution is -0.129. The predicted octanol–water partition coefficient (Wildman–Crippen LogP) is 2.66. The van der Waals surface area contributed by atoms with E-state index in [1.54, 1.807) is 18.7 Å². The van der Waals surface area contributed by atoms with Gasteiger partial charge in [0.2, 0.25) is 11.8 Å². The average Bonchev–Trinajstić information content (AvgIpc) is 2.49. The van der Waals surface area contributed by atoms with Crippen molar-refractivity contribution in [1.82, 2.24) is 4.90 Å². The van der Waals surface area contributed by atoms with Crippen LogP contribution in [0.4, 0.5) is 5.69 Å². The molecule has 1 fully saturated rings. The SMILES string of the molecule is CC(=O)N1CCC(N(C(=O)C(C)Cl)c2ccccc2)CC1. The minimum atomic E-state index is -0.559. The molecule has 0 spiro atoms. The smallest absolute Gasteiger partial charge is 0.245 e. The molecule has 1 heterocycles. The van der Waals surface area contributed by atoms with Gasteiger partial charge in [0.1, 0.15) is 5.38 Å². The summed E-state index contributed by atoms with van der Waals surface area (Å²) in [4.78, 5) is 27.5. The Morgan fingerprint density at radius 3 is 2.29 bits per heavy atom. The predicted molar refractivity (Wildman–Crippen MR) is 84.5 cm³/mol. The van der Waals surface area contributed by atoms with Gasteiger partial charge in [-0.05, 0) is 31.9 Å². The molecule has 0 saturated carbocycles. The zero-order chi connectivity index (χ0) is 15.4. The van der Waals surface area contributed by atoms with Crippen LogP contribution in [-0.4, -0.2) is 41.2 Å². The first-order valence-corrected chi connectivity index (χ1v) is 7.72. The average molecular weight is 309 g/mol. The standard InChI is InChI=1S/C16H21ClN2O2/c1-12(17)16(21)19(14-6-4-3-5-7-14)15-8-10-18(11-9-15)13(2)20/h3-7,12,15H,8-11H2,1-2H3. The third-order valence-electron chi connectivity index (χ3n) is 3.89. The lowest BCUT2D eigenvalue weighted by Crippen LogP contribution is -2.50. The fraction of sp³-hybridized carbons (Fsp3) is 0.500. The number of alkyl halides is 1. The fourth-order valence-electron chi connectivity index (χ4n) is 2.74. The lowest BCUT2D eigenvalue weighted by atomic mass is 10.0. The van der Waals surface area contributed by atoms with Crippen molar-refractivity contribution in [3.8, 4) is 0 Å². The Hall–Kier alpha value is -1.55. The van der Waals surface area contributed by atoms with Crippen molar-refractivity contribution < 1.29 is 9.59 Å². The van der Waals surface area contributed by atoms with Crippen molar-refractivity contribution in [2.24, 2.45) is 0 Å². The first-order valence-electron chi connectivity index (χ1n) is 7.28. The molecule has 0 aromatic heterocycles. The van der Waals surface area contributed by atoms with Gasteiger partial charge in [-0.2, -0.15) is 0 Å². The van der Waals surface area contributed by atoms with Crippen molar-refractivity contribution in [1.29, 1.82) is 0 Å². The van der Waals surface area contributed by atoms with Crippen molar-refractivity contribution in [2.75, 3.05) is 18.0 Å². The van der Waals surface area contributed by atoms with Gasteiger partial charge in [0, 0.05) is 31.7 Å². The Kier molecular flexibility index (Phi) is 5.23. The van der Waals surface area contributed by atoms with Crippen molar-refractivity contribution in [2.45, 2.75) is 38.1 Å². The zero-order valence-electron chi connectivity index (χ0n) is 12.5. The number of carbonyl (C=O) groups excluding carboxylic acids is 2. The highest BCUT2D eigenvalue weighted by molar-refractivity contribution is 6.32. The number of anilines is 1. The van der Waals surface area contributed by atoms with Crippen LogP contribution < -0.4 is 4.90 Å². The molecule has 0 aliphatic carbocycles. The zero-order valence-corrected chi connectivity index (χ0v) is 13.2. The number of para-hydroxylation sites is 1. The highest BCUT2D eigenvalue weighted by Gasteiger charge is 2.31. The number of piperidine rings is 1. The highest BCUT2D eigenvalue weighted by Crippen LogP contribution is 2.25. The molecule has 1 aromatic carbocycles. The molecule has 0 radical (unpaired) electrons. The molecule has 1 aliphatic heterocycles. The largest absolute Gasteiger partial charge is 0.343 e. The van der Waals surface area contributed by atoms with Gasteiger partial charge in [0.15, 0.2) is 0 Å². The maximum absolute atomic E-state index is 12.5. The van der Waals surface area contributed by atoms with Gasteiger partial charge in [-0.25, -0.2) is 0 Å². The molecule has 0 N–H and O–H groups in total. The number of amides is 2. The van der Waals surface area contributed by atoms with Crippen LogP contribution in [0.1, 0.15) is 26.7 Å². The van der Waals surface area contributed by atoms with Crippen LogP contribution in [0.2, 0.25) is 0 Å². The van der Waals surface area contributed by atoms with E-state index in [1.807, 2.05) is 35.2 Å². The van der Waals surface area contributed by atoms with Crippen LogP contribution in [0.5, 0.6) is 0 Å². The van der Waals surface area contributed by atoms with Gasteiger partial charge in [0.25, 0.3) is 0 Å². The third-order valence-corrected chi connectivity index (χ3v) is 4.07. The molecule has 1 atom stereocenters. The van der Waals surface area contributed by atoms with Crippen LogP contribution >= 0.6 is 11.6 Å². The van der Waals surface area contributed by atoms with Gasteiger partial charge in [0.05, 0.1) is 0 Å². The number of likely N-dealkylation sites (tertiary alicyclic amines) is 1. The lowest BCUT2D eigenvalue weighted by Gasteiger charge is -2.38. The number of benzene rings is 1. The molecule has 0 bridgehead atoms. The third kappa shape index (κ3) is 3.76. The van der Waals surface area contributed by atoms with Gasteiger partial charge in [-0.3, -0.25) is 9.59 Å². The number of hydrogen-bond donors (Lipinski definition) is 0. The molecule has 5 heteroatoms. The van der Waals surface area contributed by atoms with E-state index in [4.69, 9.17) is 11.6 Å². The van der Waals surface area contributed by atoms with E-state index in [0.29, 0.717) is 13.1 Å². The first-order chi connectivity index (χ1) is 10.0. The number of halogens is 1. The van der Waals surface area contributed by atoms with Gasteiger partial charge in [-0.15, -0.1) is 11.6 Å². The number of nitrogens with zero attached hydrogens (tertiary/aromatic N) is 2.